The van der Waals surface area contributed by atoms with Crippen LogP contribution in [0.1, 0.15) is 6.92 Å². The van der Waals surface area contributed by atoms with Crippen LogP contribution in [-0.2, 0) is 4.79 Å². The summed E-state index contributed by atoms with van der Waals surface area (Å²) in [4.78, 5) is 10.3. The van der Waals surface area contributed by atoms with Gasteiger partial charge in [0.15, 0.2) is 11.6 Å². The highest BCUT2D eigenvalue weighted by Gasteiger charge is 2.04. The summed E-state index contributed by atoms with van der Waals surface area (Å²) in [5.41, 5.74) is 0.506. The number of hydrogen-bond acceptors (Lipinski definition) is 2. The zero-order valence-corrected chi connectivity index (χ0v) is 10.1. The van der Waals surface area contributed by atoms with Crippen molar-refractivity contribution in [2.75, 3.05) is 6.61 Å². The lowest BCUT2D eigenvalue weighted by Gasteiger charge is -2.07. The van der Waals surface area contributed by atoms with Crippen molar-refractivity contribution in [3.8, 4) is 5.75 Å². The van der Waals surface area contributed by atoms with Crippen LogP contribution < -0.4 is 4.74 Å². The van der Waals surface area contributed by atoms with Crippen LogP contribution in [0.4, 0.5) is 4.39 Å². The Kier molecular flexibility index (Phi) is 4.49. The first-order chi connectivity index (χ1) is 7.49. The fourth-order valence-electron chi connectivity index (χ4n) is 1.03. The molecule has 0 atom stereocenters. The molecule has 0 aromatic heterocycles. The maximum Gasteiger partial charge on any atom is 0.328 e. The van der Waals surface area contributed by atoms with E-state index in [9.17, 15) is 9.18 Å². The molecule has 0 aliphatic heterocycles. The van der Waals surface area contributed by atoms with Crippen LogP contribution >= 0.6 is 15.9 Å². The number of carbonyl (C=O) groups is 1. The molecule has 0 fully saturated rings. The Labute approximate surface area is 101 Å². The van der Waals surface area contributed by atoms with Crippen molar-refractivity contribution in [2.24, 2.45) is 0 Å². The third-order valence-corrected chi connectivity index (χ3v) is 2.21. The van der Waals surface area contributed by atoms with Gasteiger partial charge in [0.05, 0.1) is 0 Å². The van der Waals surface area contributed by atoms with E-state index >= 15 is 0 Å². The molecule has 0 heterocycles. The predicted molar refractivity (Wildman–Crippen MR) is 61.0 cm³/mol. The van der Waals surface area contributed by atoms with Gasteiger partial charge in [0.25, 0.3) is 0 Å². The maximum absolute atomic E-state index is 13.2. The molecule has 0 aliphatic rings. The molecule has 3 nitrogen and oxygen atoms in total. The molecule has 5 heteroatoms. The van der Waals surface area contributed by atoms with Crippen molar-refractivity contribution in [2.45, 2.75) is 6.92 Å². The van der Waals surface area contributed by atoms with Crippen LogP contribution in [0, 0.1) is 5.82 Å². The standard InChI is InChI=1S/C11H10BrFO3/c1-7(4-11(14)15)6-16-10-5-8(12)2-3-9(10)13/h2-5H,6H2,1H3,(H,14,15)/b7-4-. The Balaban J connectivity index is 2.68. The Hall–Kier alpha value is -1.36. The number of aliphatic carboxylic acids is 1. The number of carboxylic acid groups (broad SMARTS) is 1. The van der Waals surface area contributed by atoms with Gasteiger partial charge in [-0.2, -0.15) is 0 Å². The molecule has 16 heavy (non-hydrogen) atoms. The van der Waals surface area contributed by atoms with Crippen LogP contribution in [0.25, 0.3) is 0 Å². The lowest BCUT2D eigenvalue weighted by atomic mass is 10.3. The molecule has 0 radical (unpaired) electrons. The van der Waals surface area contributed by atoms with Gasteiger partial charge < -0.3 is 9.84 Å². The third-order valence-electron chi connectivity index (χ3n) is 1.72. The summed E-state index contributed by atoms with van der Waals surface area (Å²) < 4.78 is 19.0. The van der Waals surface area contributed by atoms with E-state index in [-0.39, 0.29) is 12.4 Å². The lowest BCUT2D eigenvalue weighted by molar-refractivity contribution is -0.131. The normalized spacial score (nSPS) is 11.3. The smallest absolute Gasteiger partial charge is 0.328 e. The summed E-state index contributed by atoms with van der Waals surface area (Å²) in [6, 6.07) is 4.32. The van der Waals surface area contributed by atoms with Gasteiger partial charge in [-0.15, -0.1) is 0 Å². The number of benzene rings is 1. The van der Waals surface area contributed by atoms with E-state index in [0.29, 0.717) is 10.0 Å². The minimum Gasteiger partial charge on any atom is -0.486 e. The number of hydrogen-bond donors (Lipinski definition) is 1. The van der Waals surface area contributed by atoms with Crippen molar-refractivity contribution >= 4 is 21.9 Å². The quantitative estimate of drug-likeness (QED) is 0.867. The molecule has 0 saturated carbocycles. The van der Waals surface area contributed by atoms with Gasteiger partial charge in [-0.25, -0.2) is 9.18 Å². The van der Waals surface area contributed by atoms with Crippen molar-refractivity contribution in [3.05, 3.63) is 40.1 Å². The minimum absolute atomic E-state index is 0.0413. The van der Waals surface area contributed by atoms with E-state index in [1.165, 1.54) is 12.1 Å². The second-order valence-electron chi connectivity index (χ2n) is 3.19. The lowest BCUT2D eigenvalue weighted by Crippen LogP contribution is -2.02. The van der Waals surface area contributed by atoms with Crippen LogP contribution in [0.5, 0.6) is 5.75 Å². The molecule has 1 aromatic carbocycles. The number of ether oxygens (including phenoxy) is 1. The molecule has 0 saturated heterocycles. The molecule has 0 unspecified atom stereocenters. The van der Waals surface area contributed by atoms with Gasteiger partial charge >= 0.3 is 5.97 Å². The monoisotopic (exact) mass is 288 g/mol. The molecule has 0 aliphatic carbocycles. The Morgan fingerprint density at radius 2 is 2.31 bits per heavy atom. The first-order valence-electron chi connectivity index (χ1n) is 4.47. The molecule has 86 valence electrons. The summed E-state index contributed by atoms with van der Waals surface area (Å²) in [6.07, 6.45) is 1.02. The molecule has 1 aromatic rings. The highest BCUT2D eigenvalue weighted by atomic mass is 79.9. The SMILES string of the molecule is C/C(=C/C(=O)O)COc1cc(Br)ccc1F. The van der Waals surface area contributed by atoms with Crippen LogP contribution in [-0.4, -0.2) is 17.7 Å². The fourth-order valence-corrected chi connectivity index (χ4v) is 1.37. The van der Waals surface area contributed by atoms with Crippen LogP contribution in [0.3, 0.4) is 0 Å². The highest BCUT2D eigenvalue weighted by molar-refractivity contribution is 9.10. The second-order valence-corrected chi connectivity index (χ2v) is 4.11. The zero-order valence-electron chi connectivity index (χ0n) is 8.54. The average molecular weight is 289 g/mol. The zero-order chi connectivity index (χ0) is 12.1. The van der Waals surface area contributed by atoms with Gasteiger partial charge in [0, 0.05) is 10.5 Å². The van der Waals surface area contributed by atoms with E-state index < -0.39 is 11.8 Å². The Bertz CT molecular complexity index is 429. The maximum atomic E-state index is 13.2. The van der Waals surface area contributed by atoms with Gasteiger partial charge in [0.2, 0.25) is 0 Å². The van der Waals surface area contributed by atoms with Crippen LogP contribution in [0.2, 0.25) is 0 Å². The third kappa shape index (κ3) is 4.02. The van der Waals surface area contributed by atoms with Crippen molar-refractivity contribution in [1.82, 2.24) is 0 Å². The first-order valence-corrected chi connectivity index (χ1v) is 5.26. The largest absolute Gasteiger partial charge is 0.486 e. The Morgan fingerprint density at radius 3 is 2.94 bits per heavy atom. The molecule has 0 amide bonds. The highest BCUT2D eigenvalue weighted by Crippen LogP contribution is 2.22. The summed E-state index contributed by atoms with van der Waals surface area (Å²) >= 11 is 3.19. The van der Waals surface area contributed by atoms with Crippen molar-refractivity contribution in [1.29, 1.82) is 0 Å². The topological polar surface area (TPSA) is 46.5 Å². The van der Waals surface area contributed by atoms with E-state index in [0.717, 1.165) is 6.08 Å². The van der Waals surface area contributed by atoms with E-state index in [4.69, 9.17) is 9.84 Å². The Morgan fingerprint density at radius 1 is 1.62 bits per heavy atom. The minimum atomic E-state index is -1.05. The molecule has 0 bridgehead atoms. The average Bonchev–Trinajstić information content (AvgIpc) is 2.18. The van der Waals surface area contributed by atoms with Gasteiger partial charge in [-0.05, 0) is 30.7 Å². The number of carboxylic acids is 1. The number of halogens is 2. The summed E-state index contributed by atoms with van der Waals surface area (Å²) in [6.45, 7) is 1.64. The predicted octanol–water partition coefficient (Wildman–Crippen LogP) is 3.00. The van der Waals surface area contributed by atoms with E-state index in [2.05, 4.69) is 15.9 Å². The first kappa shape index (κ1) is 12.7. The summed E-state index contributed by atoms with van der Waals surface area (Å²) in [7, 11) is 0. The summed E-state index contributed by atoms with van der Waals surface area (Å²) in [5.74, 6) is -1.44. The van der Waals surface area contributed by atoms with Crippen molar-refractivity contribution in [3.63, 3.8) is 0 Å². The molecule has 0 spiro atoms. The molecular formula is C11H10BrFO3. The van der Waals surface area contributed by atoms with Gasteiger partial charge in [-0.3, -0.25) is 0 Å². The molecule has 1 rings (SSSR count). The fraction of sp³-hybridized carbons (Fsp3) is 0.182. The van der Waals surface area contributed by atoms with E-state index in [1.807, 2.05) is 0 Å². The van der Waals surface area contributed by atoms with Gasteiger partial charge in [0.1, 0.15) is 6.61 Å². The van der Waals surface area contributed by atoms with Crippen LogP contribution in [0.15, 0.2) is 34.3 Å². The second kappa shape index (κ2) is 5.65. The molecule has 1 N–H and O–H groups in total. The van der Waals surface area contributed by atoms with Crippen molar-refractivity contribution < 1.29 is 19.0 Å². The summed E-state index contributed by atoms with van der Waals surface area (Å²) in [5, 5.41) is 8.47. The van der Waals surface area contributed by atoms with E-state index in [1.54, 1.807) is 13.0 Å². The number of rotatable bonds is 4. The van der Waals surface area contributed by atoms with Gasteiger partial charge in [-0.1, -0.05) is 15.9 Å². The molecular weight excluding hydrogens is 279 g/mol.